The van der Waals surface area contributed by atoms with Gasteiger partial charge in [0.1, 0.15) is 0 Å². The smallest absolute Gasteiger partial charge is 0.331 e. The van der Waals surface area contributed by atoms with Crippen LogP contribution < -0.4 is 5.32 Å². The van der Waals surface area contributed by atoms with Gasteiger partial charge in [-0.1, -0.05) is 18.2 Å². The second-order valence-corrected chi connectivity index (χ2v) is 5.98. The van der Waals surface area contributed by atoms with E-state index in [9.17, 15) is 18.4 Å². The number of nitrogens with zero attached hydrogens (tertiary/aromatic N) is 1. The lowest BCUT2D eigenvalue weighted by atomic mass is 10.2. The predicted octanol–water partition coefficient (Wildman–Crippen LogP) is 4.09. The monoisotopic (exact) mass is 378 g/mol. The third-order valence-electron chi connectivity index (χ3n) is 3.15. The quantitative estimate of drug-likeness (QED) is 0.467. The highest BCUT2D eigenvalue weighted by atomic mass is 32.1. The number of allylic oxidation sites excluding steroid dienone is 3. The van der Waals surface area contributed by atoms with Crippen LogP contribution in [0.15, 0.2) is 47.9 Å². The number of aromatic nitrogens is 1. The molecule has 2 rings (SSSR count). The standard InChI is InChI=1S/C18H16F2N2O3S/c1-3-4-5-6-16(23)25-11(2)17(24)22-18-21-15(10-26-18)12-7-8-13(19)14(20)9-12/h3-11H,1-2H3,(H,21,22,24)/b4-3+,6-5+/t11-/m1/s1. The second-order valence-electron chi connectivity index (χ2n) is 5.12. The Kier molecular flexibility index (Phi) is 6.74. The molecule has 1 aromatic heterocycles. The average Bonchev–Trinajstić information content (AvgIpc) is 3.06. The SMILES string of the molecule is C/C=C/C=C/C(=O)O[C@H](C)C(=O)Nc1nc(-c2ccc(F)c(F)c2)cs1. The zero-order valence-corrected chi connectivity index (χ0v) is 14.8. The van der Waals surface area contributed by atoms with Crippen molar-refractivity contribution in [3.05, 3.63) is 59.5 Å². The Labute approximate surface area is 153 Å². The third-order valence-corrected chi connectivity index (χ3v) is 3.91. The maximum Gasteiger partial charge on any atom is 0.331 e. The van der Waals surface area contributed by atoms with Crippen molar-refractivity contribution < 1.29 is 23.1 Å². The minimum Gasteiger partial charge on any atom is -0.449 e. The number of rotatable bonds is 6. The Balaban J connectivity index is 1.98. The fourth-order valence-corrected chi connectivity index (χ4v) is 2.56. The lowest BCUT2D eigenvalue weighted by molar-refractivity contribution is -0.148. The maximum absolute atomic E-state index is 13.3. The number of anilines is 1. The highest BCUT2D eigenvalue weighted by molar-refractivity contribution is 7.14. The lowest BCUT2D eigenvalue weighted by Gasteiger charge is -2.10. The van der Waals surface area contributed by atoms with E-state index in [0.717, 1.165) is 23.5 Å². The van der Waals surface area contributed by atoms with Crippen LogP contribution in [0, 0.1) is 11.6 Å². The Morgan fingerprint density at radius 2 is 2.04 bits per heavy atom. The Morgan fingerprint density at radius 3 is 2.73 bits per heavy atom. The highest BCUT2D eigenvalue weighted by Crippen LogP contribution is 2.26. The van der Waals surface area contributed by atoms with Crippen molar-refractivity contribution in [3.8, 4) is 11.3 Å². The first-order valence-corrected chi connectivity index (χ1v) is 8.50. The first-order valence-electron chi connectivity index (χ1n) is 7.62. The number of carbonyl (C=O) groups excluding carboxylic acids is 2. The van der Waals surface area contributed by atoms with Crippen molar-refractivity contribution in [1.82, 2.24) is 4.98 Å². The molecule has 136 valence electrons. The molecule has 0 aliphatic heterocycles. The molecule has 1 atom stereocenters. The van der Waals surface area contributed by atoms with E-state index < -0.39 is 29.6 Å². The summed E-state index contributed by atoms with van der Waals surface area (Å²) in [4.78, 5) is 27.7. The molecule has 8 heteroatoms. The fraction of sp³-hybridized carbons (Fsp3) is 0.167. The molecule has 1 amide bonds. The minimum absolute atomic E-state index is 0.252. The van der Waals surface area contributed by atoms with E-state index >= 15 is 0 Å². The molecule has 26 heavy (non-hydrogen) atoms. The van der Waals surface area contributed by atoms with Crippen molar-refractivity contribution in [1.29, 1.82) is 0 Å². The molecule has 0 spiro atoms. The number of benzene rings is 1. The van der Waals surface area contributed by atoms with Crippen LogP contribution in [0.2, 0.25) is 0 Å². The Bertz CT molecular complexity index is 862. The third kappa shape index (κ3) is 5.32. The van der Waals surface area contributed by atoms with Gasteiger partial charge in [-0.25, -0.2) is 18.6 Å². The van der Waals surface area contributed by atoms with Crippen LogP contribution in [-0.2, 0) is 14.3 Å². The van der Waals surface area contributed by atoms with Crippen molar-refractivity contribution in [2.45, 2.75) is 20.0 Å². The lowest BCUT2D eigenvalue weighted by Crippen LogP contribution is -2.29. The summed E-state index contributed by atoms with van der Waals surface area (Å²) in [6.07, 6.45) is 5.08. The highest BCUT2D eigenvalue weighted by Gasteiger charge is 2.18. The normalized spacial score (nSPS) is 12.5. The van der Waals surface area contributed by atoms with E-state index in [0.29, 0.717) is 11.3 Å². The Morgan fingerprint density at radius 1 is 1.27 bits per heavy atom. The molecule has 0 saturated carbocycles. The Hall–Kier alpha value is -2.87. The second kappa shape index (κ2) is 9.00. The topological polar surface area (TPSA) is 68.3 Å². The summed E-state index contributed by atoms with van der Waals surface area (Å²) in [6, 6.07) is 3.42. The van der Waals surface area contributed by atoms with Gasteiger partial charge in [0, 0.05) is 17.0 Å². The van der Waals surface area contributed by atoms with Gasteiger partial charge in [0.15, 0.2) is 22.9 Å². The van der Waals surface area contributed by atoms with E-state index in [-0.39, 0.29) is 5.13 Å². The number of hydrogen-bond acceptors (Lipinski definition) is 5. The fourth-order valence-electron chi connectivity index (χ4n) is 1.84. The number of esters is 1. The van der Waals surface area contributed by atoms with Crippen LogP contribution in [0.5, 0.6) is 0 Å². The molecule has 0 unspecified atom stereocenters. The van der Waals surface area contributed by atoms with Crippen LogP contribution in [0.4, 0.5) is 13.9 Å². The molecular formula is C18H16F2N2O3S. The van der Waals surface area contributed by atoms with Gasteiger partial charge in [-0.15, -0.1) is 11.3 Å². The number of carbonyl (C=O) groups is 2. The summed E-state index contributed by atoms with van der Waals surface area (Å²) in [7, 11) is 0. The number of ether oxygens (including phenoxy) is 1. The van der Waals surface area contributed by atoms with Crippen molar-refractivity contribution >= 4 is 28.3 Å². The van der Waals surface area contributed by atoms with Crippen LogP contribution in [0.3, 0.4) is 0 Å². The molecular weight excluding hydrogens is 362 g/mol. The zero-order chi connectivity index (χ0) is 19.1. The van der Waals surface area contributed by atoms with Gasteiger partial charge < -0.3 is 4.74 Å². The van der Waals surface area contributed by atoms with E-state index in [1.807, 2.05) is 0 Å². The van der Waals surface area contributed by atoms with Crippen LogP contribution in [-0.4, -0.2) is 23.0 Å². The van der Waals surface area contributed by atoms with Crippen molar-refractivity contribution in [3.63, 3.8) is 0 Å². The molecule has 0 radical (unpaired) electrons. The summed E-state index contributed by atoms with van der Waals surface area (Å²) in [5.74, 6) is -3.12. The molecule has 5 nitrogen and oxygen atoms in total. The molecule has 0 saturated heterocycles. The number of halogens is 2. The van der Waals surface area contributed by atoms with Gasteiger partial charge in [0.25, 0.3) is 5.91 Å². The number of nitrogens with one attached hydrogen (secondary N) is 1. The van der Waals surface area contributed by atoms with Crippen molar-refractivity contribution in [2.24, 2.45) is 0 Å². The van der Waals surface area contributed by atoms with Gasteiger partial charge in [-0.2, -0.15) is 0 Å². The molecule has 1 aromatic carbocycles. The first-order chi connectivity index (χ1) is 12.4. The van der Waals surface area contributed by atoms with E-state index in [1.54, 1.807) is 24.5 Å². The molecule has 0 bridgehead atoms. The summed E-state index contributed by atoms with van der Waals surface area (Å²) in [6.45, 7) is 3.23. The molecule has 1 heterocycles. The van der Waals surface area contributed by atoms with Gasteiger partial charge in [0.05, 0.1) is 5.69 Å². The number of hydrogen-bond donors (Lipinski definition) is 1. The molecule has 0 aliphatic carbocycles. The predicted molar refractivity (Wildman–Crippen MR) is 95.6 cm³/mol. The molecule has 2 aromatic rings. The van der Waals surface area contributed by atoms with E-state index in [2.05, 4.69) is 10.3 Å². The summed E-state index contributed by atoms with van der Waals surface area (Å²) < 4.78 is 31.2. The average molecular weight is 378 g/mol. The zero-order valence-electron chi connectivity index (χ0n) is 14.0. The molecule has 0 fully saturated rings. The largest absolute Gasteiger partial charge is 0.449 e. The maximum atomic E-state index is 13.3. The van der Waals surface area contributed by atoms with Gasteiger partial charge in [-0.05, 0) is 32.0 Å². The first kappa shape index (κ1) is 19.5. The number of thiazole rings is 1. The van der Waals surface area contributed by atoms with E-state index in [4.69, 9.17) is 4.74 Å². The van der Waals surface area contributed by atoms with E-state index in [1.165, 1.54) is 25.1 Å². The van der Waals surface area contributed by atoms with Gasteiger partial charge in [-0.3, -0.25) is 10.1 Å². The van der Waals surface area contributed by atoms with Crippen LogP contribution >= 0.6 is 11.3 Å². The summed E-state index contributed by atoms with van der Waals surface area (Å²) in [5.41, 5.74) is 0.775. The number of amides is 1. The van der Waals surface area contributed by atoms with Gasteiger partial charge >= 0.3 is 5.97 Å². The summed E-state index contributed by atoms with van der Waals surface area (Å²) >= 11 is 1.11. The summed E-state index contributed by atoms with van der Waals surface area (Å²) in [5, 5.41) is 4.36. The van der Waals surface area contributed by atoms with Crippen LogP contribution in [0.25, 0.3) is 11.3 Å². The van der Waals surface area contributed by atoms with Gasteiger partial charge in [0.2, 0.25) is 0 Å². The molecule has 0 aliphatic rings. The van der Waals surface area contributed by atoms with Crippen LogP contribution in [0.1, 0.15) is 13.8 Å². The van der Waals surface area contributed by atoms with Crippen molar-refractivity contribution in [2.75, 3.05) is 5.32 Å². The minimum atomic E-state index is -1.02. The molecule has 1 N–H and O–H groups in total.